The lowest BCUT2D eigenvalue weighted by Gasteiger charge is -2.34. The van der Waals surface area contributed by atoms with Gasteiger partial charge in [-0.25, -0.2) is 4.98 Å². The fraction of sp³-hybridized carbons (Fsp3) is 0.350. The molecule has 7 heteroatoms. The van der Waals surface area contributed by atoms with Crippen LogP contribution < -0.4 is 0 Å². The normalized spacial score (nSPS) is 15.3. The van der Waals surface area contributed by atoms with Gasteiger partial charge in [-0.2, -0.15) is 0 Å². The van der Waals surface area contributed by atoms with Crippen molar-refractivity contribution in [3.63, 3.8) is 0 Å². The Morgan fingerprint density at radius 1 is 0.852 bits per heavy atom. The number of thioether (sulfide) groups is 1. The van der Waals surface area contributed by atoms with Gasteiger partial charge in [0.25, 0.3) is 0 Å². The summed E-state index contributed by atoms with van der Waals surface area (Å²) in [6, 6.07) is 19.2. The highest BCUT2D eigenvalue weighted by molar-refractivity contribution is 8.01. The van der Waals surface area contributed by atoms with Crippen molar-refractivity contribution in [3.05, 3.63) is 60.2 Å². The van der Waals surface area contributed by atoms with E-state index in [1.54, 1.807) is 0 Å². The van der Waals surface area contributed by atoms with Crippen molar-refractivity contribution in [3.8, 4) is 0 Å². The standard InChI is InChI=1S/C20H23N3S2.2ClH/c1-2-6-17(7-3-1)16-23-12-10-22(11-13-23)14-15-24-20-21-18-8-4-5-9-19(18)25-20;;/h1-9H,10-16H2;2*1H. The average molecular weight is 442 g/mol. The molecule has 0 unspecified atom stereocenters. The van der Waals surface area contributed by atoms with Gasteiger partial charge in [0.1, 0.15) is 0 Å². The summed E-state index contributed by atoms with van der Waals surface area (Å²) in [6.07, 6.45) is 0. The predicted octanol–water partition coefficient (Wildman–Crippen LogP) is 5.05. The first-order valence-electron chi connectivity index (χ1n) is 8.84. The second kappa shape index (κ2) is 11.2. The van der Waals surface area contributed by atoms with Crippen LogP contribution >= 0.6 is 47.9 Å². The molecule has 0 aliphatic carbocycles. The highest BCUT2D eigenvalue weighted by Crippen LogP contribution is 2.29. The maximum Gasteiger partial charge on any atom is 0.151 e. The molecule has 1 aliphatic heterocycles. The number of para-hydroxylation sites is 1. The number of benzene rings is 2. The number of rotatable bonds is 6. The molecule has 2 aromatic carbocycles. The highest BCUT2D eigenvalue weighted by Gasteiger charge is 2.16. The SMILES string of the molecule is Cl.Cl.c1ccc(CN2CCN(CCSc3nc4ccccc4s3)CC2)cc1. The summed E-state index contributed by atoms with van der Waals surface area (Å²) in [5.74, 6) is 1.12. The van der Waals surface area contributed by atoms with Crippen LogP contribution in [-0.4, -0.2) is 53.3 Å². The summed E-state index contributed by atoms with van der Waals surface area (Å²) in [4.78, 5) is 9.86. The van der Waals surface area contributed by atoms with Crippen molar-refractivity contribution in [2.75, 3.05) is 38.5 Å². The minimum Gasteiger partial charge on any atom is -0.300 e. The van der Waals surface area contributed by atoms with Crippen LogP contribution in [0.1, 0.15) is 5.56 Å². The molecule has 3 aromatic rings. The Balaban J connectivity index is 0.00000131. The van der Waals surface area contributed by atoms with Gasteiger partial charge in [-0.15, -0.1) is 36.2 Å². The van der Waals surface area contributed by atoms with Crippen LogP contribution in [0.5, 0.6) is 0 Å². The van der Waals surface area contributed by atoms with Crippen LogP contribution in [0.15, 0.2) is 58.9 Å². The molecule has 27 heavy (non-hydrogen) atoms. The van der Waals surface area contributed by atoms with Crippen molar-refractivity contribution < 1.29 is 0 Å². The Bertz CT molecular complexity index is 772. The first-order valence-corrected chi connectivity index (χ1v) is 10.6. The summed E-state index contributed by atoms with van der Waals surface area (Å²) >= 11 is 3.71. The zero-order valence-electron chi connectivity index (χ0n) is 15.1. The van der Waals surface area contributed by atoms with Gasteiger partial charge in [0.2, 0.25) is 0 Å². The maximum absolute atomic E-state index is 4.71. The molecule has 1 fully saturated rings. The number of nitrogens with zero attached hydrogens (tertiary/aromatic N) is 3. The summed E-state index contributed by atoms with van der Waals surface area (Å²) < 4.78 is 2.49. The first kappa shape index (κ1) is 22.5. The van der Waals surface area contributed by atoms with E-state index in [1.165, 1.54) is 40.8 Å². The van der Waals surface area contributed by atoms with Crippen LogP contribution in [0.2, 0.25) is 0 Å². The number of thiazole rings is 1. The molecule has 0 spiro atoms. The quantitative estimate of drug-likeness (QED) is 0.498. The van der Waals surface area contributed by atoms with Crippen LogP contribution in [0, 0.1) is 0 Å². The van der Waals surface area contributed by atoms with E-state index in [-0.39, 0.29) is 24.8 Å². The van der Waals surface area contributed by atoms with Gasteiger partial charge in [-0.3, -0.25) is 9.80 Å². The van der Waals surface area contributed by atoms with Gasteiger partial charge in [-0.1, -0.05) is 54.2 Å². The topological polar surface area (TPSA) is 19.4 Å². The minimum absolute atomic E-state index is 0. The number of halogens is 2. The Hall–Kier alpha value is -0.820. The molecule has 3 nitrogen and oxygen atoms in total. The van der Waals surface area contributed by atoms with Gasteiger partial charge < -0.3 is 0 Å². The van der Waals surface area contributed by atoms with E-state index >= 15 is 0 Å². The lowest BCUT2D eigenvalue weighted by Crippen LogP contribution is -2.46. The van der Waals surface area contributed by atoms with Crippen LogP contribution in [0.25, 0.3) is 10.2 Å². The zero-order valence-corrected chi connectivity index (χ0v) is 18.4. The lowest BCUT2D eigenvalue weighted by molar-refractivity contribution is 0.133. The molecule has 1 saturated heterocycles. The molecule has 0 bridgehead atoms. The maximum atomic E-state index is 4.71. The summed E-state index contributed by atoms with van der Waals surface area (Å²) in [7, 11) is 0. The number of aromatic nitrogens is 1. The van der Waals surface area contributed by atoms with Gasteiger partial charge in [-0.05, 0) is 17.7 Å². The van der Waals surface area contributed by atoms with Gasteiger partial charge in [0.05, 0.1) is 10.2 Å². The number of hydrogen-bond donors (Lipinski definition) is 0. The zero-order chi connectivity index (χ0) is 16.9. The largest absolute Gasteiger partial charge is 0.300 e. The van der Waals surface area contributed by atoms with E-state index in [2.05, 4.69) is 64.4 Å². The van der Waals surface area contributed by atoms with Crippen molar-refractivity contribution in [1.82, 2.24) is 14.8 Å². The van der Waals surface area contributed by atoms with Crippen LogP contribution in [0.3, 0.4) is 0 Å². The third-order valence-corrected chi connectivity index (χ3v) is 6.78. The molecule has 0 atom stereocenters. The second-order valence-electron chi connectivity index (χ2n) is 6.40. The molecule has 2 heterocycles. The first-order chi connectivity index (χ1) is 12.4. The van der Waals surface area contributed by atoms with Crippen molar-refractivity contribution in [2.45, 2.75) is 10.9 Å². The van der Waals surface area contributed by atoms with Crippen molar-refractivity contribution in [1.29, 1.82) is 0 Å². The van der Waals surface area contributed by atoms with E-state index in [1.807, 2.05) is 23.1 Å². The van der Waals surface area contributed by atoms with E-state index in [4.69, 9.17) is 4.98 Å². The van der Waals surface area contributed by atoms with E-state index < -0.39 is 0 Å². The Kier molecular flexibility index (Phi) is 9.36. The molecule has 1 aliphatic rings. The van der Waals surface area contributed by atoms with Crippen LogP contribution in [0.4, 0.5) is 0 Å². The highest BCUT2D eigenvalue weighted by atomic mass is 35.5. The van der Waals surface area contributed by atoms with Gasteiger partial charge in [0.15, 0.2) is 4.34 Å². The van der Waals surface area contributed by atoms with Gasteiger partial charge >= 0.3 is 0 Å². The fourth-order valence-corrected chi connectivity index (χ4v) is 5.33. The average Bonchev–Trinajstić information content (AvgIpc) is 3.07. The summed E-state index contributed by atoms with van der Waals surface area (Å²) in [6.45, 7) is 6.91. The van der Waals surface area contributed by atoms with E-state index in [0.29, 0.717) is 0 Å². The third kappa shape index (κ3) is 6.34. The molecule has 146 valence electrons. The minimum atomic E-state index is 0. The second-order valence-corrected chi connectivity index (χ2v) is 8.77. The Labute approximate surface area is 182 Å². The van der Waals surface area contributed by atoms with Crippen molar-refractivity contribution >= 4 is 58.1 Å². The number of piperazine rings is 1. The van der Waals surface area contributed by atoms with Crippen LogP contribution in [-0.2, 0) is 6.54 Å². The Morgan fingerprint density at radius 2 is 1.52 bits per heavy atom. The van der Waals surface area contributed by atoms with Crippen molar-refractivity contribution in [2.24, 2.45) is 0 Å². The number of hydrogen-bond acceptors (Lipinski definition) is 5. The molecule has 1 aromatic heterocycles. The lowest BCUT2D eigenvalue weighted by atomic mass is 10.2. The molecule has 0 radical (unpaired) electrons. The van der Waals surface area contributed by atoms with E-state index in [0.717, 1.165) is 24.4 Å². The molecule has 4 rings (SSSR count). The summed E-state index contributed by atoms with van der Waals surface area (Å²) in [5, 5.41) is 0. The predicted molar refractivity (Wildman–Crippen MR) is 123 cm³/mol. The van der Waals surface area contributed by atoms with Gasteiger partial charge in [0, 0.05) is 45.0 Å². The Morgan fingerprint density at radius 3 is 2.26 bits per heavy atom. The molecule has 0 amide bonds. The smallest absolute Gasteiger partial charge is 0.151 e. The van der Waals surface area contributed by atoms with E-state index in [9.17, 15) is 0 Å². The molecular weight excluding hydrogens is 417 g/mol. The third-order valence-electron chi connectivity index (χ3n) is 4.62. The molecule has 0 saturated carbocycles. The summed E-state index contributed by atoms with van der Waals surface area (Å²) in [5.41, 5.74) is 2.55. The molecular formula is C20H25Cl2N3S2. The monoisotopic (exact) mass is 441 g/mol. The fourth-order valence-electron chi connectivity index (χ4n) is 3.19. The molecule has 0 N–H and O–H groups in total. The number of fused-ring (bicyclic) bond motifs is 1.